The molecule has 0 amide bonds. The second-order valence-corrected chi connectivity index (χ2v) is 11.9. The summed E-state index contributed by atoms with van der Waals surface area (Å²) in [5.74, 6) is -2.07. The first-order chi connectivity index (χ1) is 20.5. The van der Waals surface area contributed by atoms with Gasteiger partial charge < -0.3 is 16.2 Å². The first-order valence-electron chi connectivity index (χ1n) is 11.6. The smallest absolute Gasteiger partial charge is 0.505 e. The van der Waals surface area contributed by atoms with Crippen molar-refractivity contribution in [1.82, 2.24) is 15.0 Å². The van der Waals surface area contributed by atoms with Gasteiger partial charge in [0.2, 0.25) is 23.0 Å². The van der Waals surface area contributed by atoms with E-state index in [1.807, 2.05) is 0 Å². The molecule has 4 aromatic rings. The molecule has 0 spiro atoms. The number of phenols is 1. The summed E-state index contributed by atoms with van der Waals surface area (Å²) in [4.78, 5) is 32.8. The van der Waals surface area contributed by atoms with Crippen LogP contribution in [0.15, 0.2) is 58.5 Å². The van der Waals surface area contributed by atoms with E-state index in [0.29, 0.717) is 6.08 Å². The number of nitro groups is 1. The van der Waals surface area contributed by atoms with Crippen LogP contribution in [0.5, 0.6) is 5.75 Å². The van der Waals surface area contributed by atoms with E-state index in [1.54, 1.807) is 0 Å². The molecule has 7 N–H and O–H groups in total. The molecule has 18 nitrogen and oxygen atoms in total. The molecule has 0 atom stereocenters. The third-order valence-corrected chi connectivity index (χ3v) is 7.96. The van der Waals surface area contributed by atoms with Gasteiger partial charge in [-0.05, 0) is 47.3 Å². The van der Waals surface area contributed by atoms with Gasteiger partial charge in [-0.3, -0.25) is 29.4 Å². The van der Waals surface area contributed by atoms with Crippen LogP contribution in [0.25, 0.3) is 15.7 Å². The molecule has 1 heterocycles. The fourth-order valence-corrected chi connectivity index (χ4v) is 5.74. The third-order valence-electron chi connectivity index (χ3n) is 6.02. The Morgan fingerprint density at radius 1 is 0.978 bits per heavy atom. The molecule has 23 heteroatoms. The van der Waals surface area contributed by atoms with E-state index < -0.39 is 69.1 Å². The van der Waals surface area contributed by atoms with Crippen LogP contribution in [0.3, 0.4) is 0 Å². The number of non-ortho nitro benzene ring substituents is 1. The van der Waals surface area contributed by atoms with Gasteiger partial charge in [0, 0.05) is 57.8 Å². The number of aromatic nitrogens is 3. The van der Waals surface area contributed by atoms with Gasteiger partial charge >= 0.3 is 29.6 Å². The Morgan fingerprint density at radius 2 is 1.67 bits per heavy atom. The Bertz CT molecular complexity index is 2220. The number of nitrogen functional groups attached to an aromatic ring is 1. The molecular formula is C23H15ClCrN8NaO10S2+. The zero-order chi connectivity index (χ0) is 32.1. The molecule has 0 radical (unpaired) electrons. The van der Waals surface area contributed by atoms with E-state index in [9.17, 15) is 46.0 Å². The number of hydrogen-bond acceptors (Lipinski definition) is 15. The predicted molar refractivity (Wildman–Crippen MR) is 156 cm³/mol. The number of halogens is 1. The van der Waals surface area contributed by atoms with Crippen molar-refractivity contribution in [3.63, 3.8) is 0 Å². The second kappa shape index (κ2) is 13.5. The molecular weight excluding hydrogens is 723 g/mol. The van der Waals surface area contributed by atoms with Crippen LogP contribution in [0.1, 0.15) is 11.1 Å². The maximum atomic E-state index is 12.8. The number of nitro benzene ring substituents is 1. The summed E-state index contributed by atoms with van der Waals surface area (Å²) >= 11 is 5.77. The summed E-state index contributed by atoms with van der Waals surface area (Å²) in [5.41, 5.74) is 5.49. The van der Waals surface area contributed by atoms with Gasteiger partial charge in [0.15, 0.2) is 0 Å². The van der Waals surface area contributed by atoms with Crippen LogP contribution in [0.2, 0.25) is 5.28 Å². The van der Waals surface area contributed by atoms with Gasteiger partial charge in [0.1, 0.15) is 26.9 Å². The maximum Gasteiger partial charge on any atom is 1.00 e. The number of nitrogens with one attached hydrogen (secondary N) is 2. The van der Waals surface area contributed by atoms with Crippen molar-refractivity contribution in [2.75, 3.05) is 16.5 Å². The minimum Gasteiger partial charge on any atom is -0.505 e. The fourth-order valence-electron chi connectivity index (χ4n) is 4.20. The molecule has 0 unspecified atom stereocenters. The normalized spacial score (nSPS) is 13.7. The largest absolute Gasteiger partial charge is 1.00 e. The molecule has 0 bridgehead atoms. The Morgan fingerprint density at radius 3 is 2.28 bits per heavy atom. The molecule has 0 saturated heterocycles. The Labute approximate surface area is 295 Å². The molecule has 3 aromatic carbocycles. The molecule has 46 heavy (non-hydrogen) atoms. The number of rotatable bonds is 7. The van der Waals surface area contributed by atoms with E-state index in [0.717, 1.165) is 24.3 Å². The number of nitrogens with zero attached hydrogens (tertiary/aromatic N) is 5. The van der Waals surface area contributed by atoms with Crippen LogP contribution in [0.4, 0.5) is 29.0 Å². The first kappa shape index (κ1) is 36.7. The van der Waals surface area contributed by atoms with Crippen LogP contribution in [0, 0.1) is 10.1 Å². The molecule has 0 fully saturated rings. The van der Waals surface area contributed by atoms with Crippen LogP contribution >= 0.6 is 11.6 Å². The third kappa shape index (κ3) is 7.45. The maximum absolute atomic E-state index is 12.8. The number of carbonyl (C=O) groups is 1. The minimum absolute atomic E-state index is 0. The zero-order valence-electron chi connectivity index (χ0n) is 22.7. The quantitative estimate of drug-likeness (QED) is 0.0458. The Kier molecular flexibility index (Phi) is 10.8. The molecule has 1 aliphatic rings. The number of aromatic hydroxyl groups is 1. The SMILES string of the molecule is Nc1nc(Cl)nc(Nc2ccc3c(O)c(NN=C4C(=O)C=C(S(=O)(=O)O)c5cc([N+](=O)[O-])ccc54)c(S(=O)(=O)O)cc3c2)n1.[Cr].[Na+]. The number of benzene rings is 3. The van der Waals surface area contributed by atoms with Gasteiger partial charge in [-0.25, -0.2) is 0 Å². The monoisotopic (exact) mass is 737 g/mol. The summed E-state index contributed by atoms with van der Waals surface area (Å²) < 4.78 is 68.0. The van der Waals surface area contributed by atoms with E-state index >= 15 is 0 Å². The van der Waals surface area contributed by atoms with E-state index in [2.05, 4.69) is 30.8 Å². The number of ketones is 1. The Balaban J connectivity index is 0.00000288. The molecule has 0 aliphatic heterocycles. The number of phenolic OH excluding ortho intramolecular Hbond substituents is 1. The predicted octanol–water partition coefficient (Wildman–Crippen LogP) is -0.506. The van der Waals surface area contributed by atoms with Gasteiger partial charge in [-0.1, -0.05) is 0 Å². The molecule has 5 rings (SSSR count). The van der Waals surface area contributed by atoms with Crippen LogP contribution in [-0.4, -0.2) is 62.4 Å². The van der Waals surface area contributed by atoms with Gasteiger partial charge in [-0.15, -0.1) is 0 Å². The average Bonchev–Trinajstić information content (AvgIpc) is 2.91. The van der Waals surface area contributed by atoms with Crippen LogP contribution < -0.4 is 46.0 Å². The number of fused-ring (bicyclic) bond motifs is 2. The number of nitrogens with two attached hydrogens (primary N) is 1. The fraction of sp³-hybridized carbons (Fsp3) is 0. The van der Waals surface area contributed by atoms with Gasteiger partial charge in [-0.2, -0.15) is 36.9 Å². The van der Waals surface area contributed by atoms with Crippen LogP contribution in [-0.2, 0) is 42.4 Å². The molecule has 0 saturated carbocycles. The number of carbonyl (C=O) groups excluding carboxylic acids is 1. The number of hydrazone groups is 1. The number of anilines is 4. The van der Waals surface area contributed by atoms with Crippen molar-refractivity contribution in [2.45, 2.75) is 4.90 Å². The van der Waals surface area contributed by atoms with Gasteiger partial charge in [0.05, 0.1) is 4.92 Å². The van der Waals surface area contributed by atoms with Crippen molar-refractivity contribution < 1.29 is 87.7 Å². The Hall–Kier alpha value is -3.75. The van der Waals surface area contributed by atoms with Crippen molar-refractivity contribution in [3.8, 4) is 5.75 Å². The van der Waals surface area contributed by atoms with E-state index in [1.165, 1.54) is 18.2 Å². The molecule has 1 aromatic heterocycles. The van der Waals surface area contributed by atoms with Gasteiger partial charge in [0.25, 0.3) is 25.9 Å². The summed E-state index contributed by atoms with van der Waals surface area (Å²) in [6.45, 7) is 0. The zero-order valence-corrected chi connectivity index (χ0v) is 28.4. The summed E-state index contributed by atoms with van der Waals surface area (Å²) in [6, 6.07) is 7.86. The molecule has 232 valence electrons. The summed E-state index contributed by atoms with van der Waals surface area (Å²) in [6.07, 6.45) is 0.466. The average molecular weight is 738 g/mol. The second-order valence-electron chi connectivity index (χ2n) is 8.83. The van der Waals surface area contributed by atoms with Crippen molar-refractivity contribution in [3.05, 3.63) is 75.1 Å². The van der Waals surface area contributed by atoms with E-state index in [4.69, 9.17) is 17.3 Å². The summed E-state index contributed by atoms with van der Waals surface area (Å²) in [5, 5.41) is 28.8. The minimum atomic E-state index is -5.06. The number of hydrogen-bond donors (Lipinski definition) is 6. The summed E-state index contributed by atoms with van der Waals surface area (Å²) in [7, 11) is -10.1. The number of allylic oxidation sites excluding steroid dienone is 1. The van der Waals surface area contributed by atoms with Crippen molar-refractivity contribution in [2.24, 2.45) is 5.10 Å². The topological polar surface area (TPSA) is 290 Å². The molecule has 1 aliphatic carbocycles. The van der Waals surface area contributed by atoms with Crippen molar-refractivity contribution in [1.29, 1.82) is 0 Å². The van der Waals surface area contributed by atoms with Crippen molar-refractivity contribution >= 4 is 88.0 Å². The first-order valence-corrected chi connectivity index (χ1v) is 14.9. The van der Waals surface area contributed by atoms with E-state index in [-0.39, 0.29) is 86.1 Å². The standard InChI is InChI=1S/C23H15ClN8O10S2.Cr.Na/c24-21-27-22(25)29-23(28-21)26-10-1-3-12-9(5-10)6-17(44(40,41)42)19(20(12)34)31-30-18-13-4-2-11(32(35)36)7-14(13)16(8-15(18)33)43(37,38)39;;/h1-8,31,34H,(H,37,38,39)(H,40,41,42)(H3,25,26,27,28,29);;/q;;+1.